The Labute approximate surface area is 157 Å². The standard InChI is InChI=1S/C21H23N3O3/c1-12-5-7-15(10-13(12)2)23-20(25)14-6-8-18-17(11-14)16(4-3-9-22)19(24-18)21(26)27/h5-8,10-11,24H,3-4,9,22H2,1-2H3,(H,23,25)(H,26,27). The fourth-order valence-electron chi connectivity index (χ4n) is 3.13. The van der Waals surface area contributed by atoms with Crippen LogP contribution in [0.15, 0.2) is 36.4 Å². The van der Waals surface area contributed by atoms with Crippen LogP contribution < -0.4 is 11.1 Å². The number of H-pyrrole nitrogens is 1. The van der Waals surface area contributed by atoms with Crippen LogP contribution >= 0.6 is 0 Å². The van der Waals surface area contributed by atoms with Gasteiger partial charge in [-0.15, -0.1) is 0 Å². The van der Waals surface area contributed by atoms with Crippen molar-refractivity contribution in [1.29, 1.82) is 0 Å². The van der Waals surface area contributed by atoms with Crippen LogP contribution in [-0.4, -0.2) is 28.5 Å². The molecule has 0 spiro atoms. The Morgan fingerprint density at radius 1 is 1.11 bits per heavy atom. The molecule has 0 aliphatic rings. The molecule has 1 heterocycles. The molecule has 5 N–H and O–H groups in total. The molecule has 0 unspecified atom stereocenters. The summed E-state index contributed by atoms with van der Waals surface area (Å²) in [6.45, 7) is 4.48. The predicted molar refractivity (Wildman–Crippen MR) is 107 cm³/mol. The van der Waals surface area contributed by atoms with Gasteiger partial charge in [0.05, 0.1) is 0 Å². The van der Waals surface area contributed by atoms with E-state index in [1.165, 1.54) is 0 Å². The maximum atomic E-state index is 12.7. The summed E-state index contributed by atoms with van der Waals surface area (Å²) in [5.41, 5.74) is 10.6. The number of fused-ring (bicyclic) bond motifs is 1. The topological polar surface area (TPSA) is 108 Å². The number of aryl methyl sites for hydroxylation is 3. The number of carboxylic acids is 1. The zero-order valence-electron chi connectivity index (χ0n) is 15.4. The molecule has 140 valence electrons. The Balaban J connectivity index is 1.95. The minimum Gasteiger partial charge on any atom is -0.477 e. The molecule has 1 aromatic heterocycles. The fraction of sp³-hybridized carbons (Fsp3) is 0.238. The normalized spacial score (nSPS) is 10.9. The molecule has 0 atom stereocenters. The van der Waals surface area contributed by atoms with Crippen molar-refractivity contribution in [3.63, 3.8) is 0 Å². The van der Waals surface area contributed by atoms with Crippen molar-refractivity contribution in [3.05, 3.63) is 64.3 Å². The smallest absolute Gasteiger partial charge is 0.352 e. The highest BCUT2D eigenvalue weighted by Crippen LogP contribution is 2.26. The third-order valence-electron chi connectivity index (χ3n) is 4.78. The van der Waals surface area contributed by atoms with E-state index in [1.54, 1.807) is 18.2 Å². The number of carboxylic acid groups (broad SMARTS) is 1. The molecular formula is C21H23N3O3. The molecule has 3 aromatic rings. The predicted octanol–water partition coefficient (Wildman–Crippen LogP) is 3.63. The largest absolute Gasteiger partial charge is 0.477 e. The number of carbonyl (C=O) groups excluding carboxylic acids is 1. The van der Waals surface area contributed by atoms with Crippen LogP contribution in [-0.2, 0) is 6.42 Å². The molecule has 3 rings (SSSR count). The average Bonchev–Trinajstić information content (AvgIpc) is 3.01. The maximum Gasteiger partial charge on any atom is 0.352 e. The van der Waals surface area contributed by atoms with E-state index in [0.717, 1.165) is 22.2 Å². The van der Waals surface area contributed by atoms with Gasteiger partial charge in [-0.2, -0.15) is 0 Å². The van der Waals surface area contributed by atoms with Crippen molar-refractivity contribution < 1.29 is 14.7 Å². The first-order valence-electron chi connectivity index (χ1n) is 8.87. The number of aromatic nitrogens is 1. The first-order chi connectivity index (χ1) is 12.9. The van der Waals surface area contributed by atoms with Crippen molar-refractivity contribution in [2.24, 2.45) is 5.73 Å². The van der Waals surface area contributed by atoms with Crippen LogP contribution in [0.4, 0.5) is 5.69 Å². The summed E-state index contributed by atoms with van der Waals surface area (Å²) in [5, 5.41) is 13.1. The average molecular weight is 365 g/mol. The third kappa shape index (κ3) is 3.85. The SMILES string of the molecule is Cc1ccc(NC(=O)c2ccc3[nH]c(C(=O)O)c(CCCN)c3c2)cc1C. The van der Waals surface area contributed by atoms with E-state index >= 15 is 0 Å². The summed E-state index contributed by atoms with van der Waals surface area (Å²) >= 11 is 0. The van der Waals surface area contributed by atoms with Gasteiger partial charge in [-0.05, 0) is 80.3 Å². The number of hydrogen-bond donors (Lipinski definition) is 4. The summed E-state index contributed by atoms with van der Waals surface area (Å²) in [5.74, 6) is -1.25. The van der Waals surface area contributed by atoms with E-state index < -0.39 is 5.97 Å². The van der Waals surface area contributed by atoms with E-state index in [9.17, 15) is 14.7 Å². The number of aromatic carboxylic acids is 1. The van der Waals surface area contributed by atoms with Crippen LogP contribution in [0.5, 0.6) is 0 Å². The zero-order valence-corrected chi connectivity index (χ0v) is 15.4. The lowest BCUT2D eigenvalue weighted by Crippen LogP contribution is -2.12. The molecule has 0 radical (unpaired) electrons. The number of anilines is 1. The molecule has 0 saturated heterocycles. The lowest BCUT2D eigenvalue weighted by molar-refractivity contribution is 0.0690. The molecule has 0 bridgehead atoms. The van der Waals surface area contributed by atoms with E-state index in [4.69, 9.17) is 5.73 Å². The minimum atomic E-state index is -1.01. The highest BCUT2D eigenvalue weighted by atomic mass is 16.4. The third-order valence-corrected chi connectivity index (χ3v) is 4.78. The van der Waals surface area contributed by atoms with Gasteiger partial charge in [0.15, 0.2) is 0 Å². The van der Waals surface area contributed by atoms with Crippen molar-refractivity contribution in [2.75, 3.05) is 11.9 Å². The second-order valence-corrected chi connectivity index (χ2v) is 6.69. The zero-order chi connectivity index (χ0) is 19.6. The van der Waals surface area contributed by atoms with E-state index in [-0.39, 0.29) is 11.6 Å². The van der Waals surface area contributed by atoms with Crippen molar-refractivity contribution in [1.82, 2.24) is 4.98 Å². The van der Waals surface area contributed by atoms with Gasteiger partial charge in [0.2, 0.25) is 0 Å². The molecule has 0 aliphatic heterocycles. The number of rotatable bonds is 6. The van der Waals surface area contributed by atoms with Crippen LogP contribution in [0.1, 0.15) is 44.0 Å². The summed E-state index contributed by atoms with van der Waals surface area (Å²) in [4.78, 5) is 27.1. The van der Waals surface area contributed by atoms with Gasteiger partial charge in [-0.1, -0.05) is 6.07 Å². The Hall–Kier alpha value is -3.12. The molecule has 0 fully saturated rings. The van der Waals surface area contributed by atoms with Gasteiger partial charge in [0.25, 0.3) is 5.91 Å². The Morgan fingerprint density at radius 2 is 1.89 bits per heavy atom. The van der Waals surface area contributed by atoms with E-state index in [2.05, 4.69) is 10.3 Å². The monoisotopic (exact) mass is 365 g/mol. The van der Waals surface area contributed by atoms with Crippen LogP contribution in [0.25, 0.3) is 10.9 Å². The number of nitrogens with one attached hydrogen (secondary N) is 2. The molecule has 1 amide bonds. The first-order valence-corrected chi connectivity index (χ1v) is 8.87. The molecule has 27 heavy (non-hydrogen) atoms. The summed E-state index contributed by atoms with van der Waals surface area (Å²) in [7, 11) is 0. The Morgan fingerprint density at radius 3 is 2.56 bits per heavy atom. The van der Waals surface area contributed by atoms with E-state index in [1.807, 2.05) is 32.0 Å². The Kier molecular flexibility index (Phi) is 5.28. The highest BCUT2D eigenvalue weighted by molar-refractivity contribution is 6.07. The molecular weight excluding hydrogens is 342 g/mol. The van der Waals surface area contributed by atoms with Gasteiger partial charge in [-0.3, -0.25) is 4.79 Å². The van der Waals surface area contributed by atoms with Crippen LogP contribution in [0, 0.1) is 13.8 Å². The molecule has 6 nitrogen and oxygen atoms in total. The Bertz CT molecular complexity index is 1020. The summed E-state index contributed by atoms with van der Waals surface area (Å²) < 4.78 is 0. The fourth-order valence-corrected chi connectivity index (χ4v) is 3.13. The molecule has 6 heteroatoms. The van der Waals surface area contributed by atoms with Crippen molar-refractivity contribution >= 4 is 28.5 Å². The molecule has 0 saturated carbocycles. The second kappa shape index (κ2) is 7.63. The summed E-state index contributed by atoms with van der Waals surface area (Å²) in [6, 6.07) is 10.9. The van der Waals surface area contributed by atoms with Gasteiger partial charge >= 0.3 is 5.97 Å². The number of amides is 1. The van der Waals surface area contributed by atoms with Crippen molar-refractivity contribution in [2.45, 2.75) is 26.7 Å². The number of benzene rings is 2. The molecule has 2 aromatic carbocycles. The lowest BCUT2D eigenvalue weighted by atomic mass is 10.0. The van der Waals surface area contributed by atoms with Crippen LogP contribution in [0.2, 0.25) is 0 Å². The highest BCUT2D eigenvalue weighted by Gasteiger charge is 2.18. The quantitative estimate of drug-likeness (QED) is 0.535. The van der Waals surface area contributed by atoms with Gasteiger partial charge < -0.3 is 21.1 Å². The van der Waals surface area contributed by atoms with Gasteiger partial charge in [0.1, 0.15) is 5.69 Å². The lowest BCUT2D eigenvalue weighted by Gasteiger charge is -2.08. The number of carbonyl (C=O) groups is 2. The minimum absolute atomic E-state index is 0.158. The first kappa shape index (κ1) is 18.7. The number of hydrogen-bond acceptors (Lipinski definition) is 3. The second-order valence-electron chi connectivity index (χ2n) is 6.69. The van der Waals surface area contributed by atoms with E-state index in [0.29, 0.717) is 36.0 Å². The summed E-state index contributed by atoms with van der Waals surface area (Å²) in [6.07, 6.45) is 1.21. The van der Waals surface area contributed by atoms with Gasteiger partial charge in [-0.25, -0.2) is 4.79 Å². The van der Waals surface area contributed by atoms with Crippen LogP contribution in [0.3, 0.4) is 0 Å². The van der Waals surface area contributed by atoms with Gasteiger partial charge in [0, 0.05) is 22.2 Å². The maximum absolute atomic E-state index is 12.7. The number of aromatic amines is 1. The molecule has 0 aliphatic carbocycles. The number of nitrogens with two attached hydrogens (primary N) is 1. The van der Waals surface area contributed by atoms with Crippen molar-refractivity contribution in [3.8, 4) is 0 Å².